The first-order valence-electron chi connectivity index (χ1n) is 7.68. The molecule has 0 saturated carbocycles. The average molecular weight is 332 g/mol. The molecule has 4 aromatic rings. The largest absolute Gasteiger partial charge is 0.287 e. The molecule has 0 fully saturated rings. The smallest absolute Gasteiger partial charge is 0.209 e. The van der Waals surface area contributed by atoms with Gasteiger partial charge in [0.2, 0.25) is 5.43 Å². The van der Waals surface area contributed by atoms with Gasteiger partial charge in [-0.3, -0.25) is 4.79 Å². The van der Waals surface area contributed by atoms with Crippen molar-refractivity contribution in [2.75, 3.05) is 0 Å². The summed E-state index contributed by atoms with van der Waals surface area (Å²) in [6, 6.07) is 18.6. The van der Waals surface area contributed by atoms with E-state index >= 15 is 0 Å². The Labute approximate surface area is 142 Å². The molecule has 0 N–H and O–H groups in total. The van der Waals surface area contributed by atoms with Crippen molar-refractivity contribution in [3.05, 3.63) is 95.2 Å². The number of benzene rings is 2. The van der Waals surface area contributed by atoms with E-state index in [-0.39, 0.29) is 16.9 Å². The van der Waals surface area contributed by atoms with Crippen LogP contribution >= 0.6 is 0 Å². The summed E-state index contributed by atoms with van der Waals surface area (Å²) in [6.45, 7) is 0. The van der Waals surface area contributed by atoms with E-state index in [1.165, 1.54) is 18.2 Å². The van der Waals surface area contributed by atoms with Gasteiger partial charge >= 0.3 is 0 Å². The summed E-state index contributed by atoms with van der Waals surface area (Å²) in [6.07, 6.45) is 3.18. The van der Waals surface area contributed by atoms with Gasteiger partial charge in [-0.15, -0.1) is 0 Å². The highest BCUT2D eigenvalue weighted by Crippen LogP contribution is 2.18. The van der Waals surface area contributed by atoms with Crippen LogP contribution in [0.4, 0.5) is 4.39 Å². The molecule has 122 valence electrons. The maximum Gasteiger partial charge on any atom is 0.209 e. The van der Waals surface area contributed by atoms with Crippen LogP contribution in [0.2, 0.25) is 0 Å². The fraction of sp³-hybridized carbons (Fsp3) is 0. The lowest BCUT2D eigenvalue weighted by atomic mass is 10.2. The topological polar surface area (TPSA) is 52.7 Å². The number of hydrogen-bond donors (Lipinski definition) is 0. The van der Waals surface area contributed by atoms with Crippen LogP contribution < -0.4 is 5.43 Å². The molecule has 0 aliphatic rings. The molecule has 6 heteroatoms. The minimum Gasteiger partial charge on any atom is -0.287 e. The zero-order valence-electron chi connectivity index (χ0n) is 13.1. The zero-order valence-corrected chi connectivity index (χ0v) is 13.1. The Morgan fingerprint density at radius 1 is 0.840 bits per heavy atom. The molecule has 4 rings (SSSR count). The molecule has 0 bridgehead atoms. The molecule has 0 unspecified atom stereocenters. The number of para-hydroxylation sites is 1. The molecular formula is C19H13FN4O. The summed E-state index contributed by atoms with van der Waals surface area (Å²) in [5.74, 6) is -0.327. The van der Waals surface area contributed by atoms with Crippen LogP contribution in [0.1, 0.15) is 0 Å². The number of halogens is 1. The summed E-state index contributed by atoms with van der Waals surface area (Å²) in [4.78, 5) is 12.4. The lowest BCUT2D eigenvalue weighted by molar-refractivity contribution is 0.627. The molecule has 0 radical (unpaired) electrons. The van der Waals surface area contributed by atoms with E-state index in [1.807, 2.05) is 30.3 Å². The first-order chi connectivity index (χ1) is 12.2. The van der Waals surface area contributed by atoms with Crippen LogP contribution in [0.25, 0.3) is 22.8 Å². The Bertz CT molecular complexity index is 1070. The Morgan fingerprint density at radius 2 is 1.60 bits per heavy atom. The summed E-state index contributed by atoms with van der Waals surface area (Å²) < 4.78 is 16.3. The second-order valence-electron chi connectivity index (χ2n) is 5.41. The number of nitrogens with zero attached hydrogens (tertiary/aromatic N) is 4. The van der Waals surface area contributed by atoms with Gasteiger partial charge < -0.3 is 0 Å². The maximum atomic E-state index is 13.1. The fourth-order valence-corrected chi connectivity index (χ4v) is 2.58. The van der Waals surface area contributed by atoms with Crippen molar-refractivity contribution in [2.45, 2.75) is 0 Å². The van der Waals surface area contributed by atoms with Gasteiger partial charge in [0.05, 0.1) is 23.3 Å². The summed E-state index contributed by atoms with van der Waals surface area (Å²) in [5, 5.41) is 8.72. The lowest BCUT2D eigenvalue weighted by Crippen LogP contribution is -2.14. The van der Waals surface area contributed by atoms with Crippen LogP contribution in [0.3, 0.4) is 0 Å². The summed E-state index contributed by atoms with van der Waals surface area (Å²) in [5.41, 5.74) is 2.14. The molecule has 25 heavy (non-hydrogen) atoms. The van der Waals surface area contributed by atoms with Crippen LogP contribution in [0.5, 0.6) is 0 Å². The Morgan fingerprint density at radius 3 is 2.36 bits per heavy atom. The van der Waals surface area contributed by atoms with Crippen molar-refractivity contribution in [1.82, 2.24) is 19.6 Å². The minimum absolute atomic E-state index is 0.212. The Hall–Kier alpha value is -3.54. The van der Waals surface area contributed by atoms with Crippen molar-refractivity contribution >= 4 is 0 Å². The van der Waals surface area contributed by atoms with Gasteiger partial charge in [0.1, 0.15) is 5.82 Å². The van der Waals surface area contributed by atoms with E-state index in [2.05, 4.69) is 10.2 Å². The Balaban J connectivity index is 1.85. The molecule has 5 nitrogen and oxygen atoms in total. The molecule has 0 aliphatic carbocycles. The first kappa shape index (κ1) is 15.0. The fourth-order valence-electron chi connectivity index (χ4n) is 2.58. The van der Waals surface area contributed by atoms with E-state index in [1.54, 1.807) is 40.0 Å². The monoisotopic (exact) mass is 332 g/mol. The molecule has 0 saturated heterocycles. The molecule has 0 amide bonds. The predicted octanol–water partition coefficient (Wildman–Crippen LogP) is 3.22. The quantitative estimate of drug-likeness (QED) is 0.579. The zero-order chi connectivity index (χ0) is 17.2. The highest BCUT2D eigenvalue weighted by atomic mass is 19.1. The van der Waals surface area contributed by atoms with Gasteiger partial charge in [-0.05, 0) is 42.5 Å². The summed E-state index contributed by atoms with van der Waals surface area (Å²) >= 11 is 0. The molecular weight excluding hydrogens is 319 g/mol. The lowest BCUT2D eigenvalue weighted by Gasteiger charge is -2.09. The van der Waals surface area contributed by atoms with Crippen molar-refractivity contribution in [2.24, 2.45) is 0 Å². The first-order valence-corrected chi connectivity index (χ1v) is 7.68. The molecule has 2 heterocycles. The standard InChI is InChI=1S/C19H13FN4O/c20-14-6-8-15(9-7-14)23-13-11-18(25)19(22-23)17-10-12-21-24(17)16-4-2-1-3-5-16/h1-13H. The molecule has 2 aromatic carbocycles. The number of rotatable bonds is 3. The summed E-state index contributed by atoms with van der Waals surface area (Å²) in [7, 11) is 0. The van der Waals surface area contributed by atoms with Crippen molar-refractivity contribution in [3.63, 3.8) is 0 Å². The molecule has 2 aromatic heterocycles. The molecule has 0 aliphatic heterocycles. The van der Waals surface area contributed by atoms with Crippen LogP contribution in [-0.2, 0) is 0 Å². The Kier molecular flexibility index (Phi) is 3.70. The van der Waals surface area contributed by atoms with Crippen LogP contribution in [0, 0.1) is 5.82 Å². The van der Waals surface area contributed by atoms with E-state index in [0.717, 1.165) is 5.69 Å². The third-order valence-electron chi connectivity index (χ3n) is 3.79. The van der Waals surface area contributed by atoms with Gasteiger partial charge in [-0.1, -0.05) is 18.2 Å². The van der Waals surface area contributed by atoms with E-state index < -0.39 is 0 Å². The van der Waals surface area contributed by atoms with Crippen molar-refractivity contribution < 1.29 is 4.39 Å². The number of aromatic nitrogens is 4. The van der Waals surface area contributed by atoms with E-state index in [0.29, 0.717) is 11.4 Å². The van der Waals surface area contributed by atoms with Crippen molar-refractivity contribution in [1.29, 1.82) is 0 Å². The van der Waals surface area contributed by atoms with Gasteiger partial charge in [-0.2, -0.15) is 10.2 Å². The highest BCUT2D eigenvalue weighted by Gasteiger charge is 2.13. The van der Waals surface area contributed by atoms with E-state index in [9.17, 15) is 9.18 Å². The van der Waals surface area contributed by atoms with Gasteiger partial charge in [-0.25, -0.2) is 13.8 Å². The van der Waals surface area contributed by atoms with E-state index in [4.69, 9.17) is 0 Å². The van der Waals surface area contributed by atoms with Crippen LogP contribution in [-0.4, -0.2) is 19.6 Å². The minimum atomic E-state index is -0.327. The second-order valence-corrected chi connectivity index (χ2v) is 5.41. The van der Waals surface area contributed by atoms with Gasteiger partial charge in [0, 0.05) is 12.3 Å². The highest BCUT2D eigenvalue weighted by molar-refractivity contribution is 5.57. The molecule has 0 atom stereocenters. The normalized spacial score (nSPS) is 10.8. The van der Waals surface area contributed by atoms with Crippen molar-refractivity contribution in [3.8, 4) is 22.8 Å². The maximum absolute atomic E-state index is 13.1. The third kappa shape index (κ3) is 2.85. The second kappa shape index (κ2) is 6.16. The predicted molar refractivity (Wildman–Crippen MR) is 92.3 cm³/mol. The third-order valence-corrected chi connectivity index (χ3v) is 3.79. The average Bonchev–Trinajstić information content (AvgIpc) is 3.13. The van der Waals surface area contributed by atoms with Gasteiger partial charge in [0.25, 0.3) is 0 Å². The molecule has 0 spiro atoms. The SMILES string of the molecule is O=c1ccn(-c2ccc(F)cc2)nc1-c1ccnn1-c1ccccc1. The number of hydrogen-bond acceptors (Lipinski definition) is 3. The van der Waals surface area contributed by atoms with Gasteiger partial charge in [0.15, 0.2) is 5.69 Å². The van der Waals surface area contributed by atoms with Crippen LogP contribution in [0.15, 0.2) is 83.9 Å².